The monoisotopic (exact) mass is 709 g/mol. The fourth-order valence-electron chi connectivity index (χ4n) is 6.19. The molecule has 0 spiro atoms. The van der Waals surface area contributed by atoms with Crippen LogP contribution >= 0.6 is 0 Å². The second-order valence-corrected chi connectivity index (χ2v) is 31.2. The van der Waals surface area contributed by atoms with Gasteiger partial charge in [-0.2, -0.15) is 0 Å². The Morgan fingerprint density at radius 1 is 0.688 bits per heavy atom. The van der Waals surface area contributed by atoms with Gasteiger partial charge in [0.1, 0.15) is 0 Å². The Labute approximate surface area is 291 Å². The Morgan fingerprint density at radius 3 is 1.56 bits per heavy atom. The van der Waals surface area contributed by atoms with Crippen molar-refractivity contribution in [3.05, 3.63) is 93.8 Å². The molecule has 1 fully saturated rings. The second-order valence-electron chi connectivity index (χ2n) is 17.5. The topological polar surface area (TPSA) is 94.6 Å². The van der Waals surface area contributed by atoms with Gasteiger partial charge in [0.15, 0.2) is 16.6 Å². The van der Waals surface area contributed by atoms with Crippen LogP contribution in [0.5, 0.6) is 0 Å². The van der Waals surface area contributed by atoms with Gasteiger partial charge in [0.2, 0.25) is 0 Å². The van der Waals surface area contributed by atoms with E-state index in [9.17, 15) is 9.59 Å². The number of hydrogen-bond donors (Lipinski definition) is 2. The van der Waals surface area contributed by atoms with Crippen LogP contribution in [0.3, 0.4) is 0 Å². The Bertz CT molecular complexity index is 1600. The molecule has 2 aromatic carbocycles. The van der Waals surface area contributed by atoms with Crippen molar-refractivity contribution in [1.29, 1.82) is 0 Å². The van der Waals surface area contributed by atoms with Gasteiger partial charge in [0.25, 0.3) is 13.9 Å². The molecule has 1 heterocycles. The van der Waals surface area contributed by atoms with Crippen LogP contribution < -0.4 is 27.1 Å². The predicted molar refractivity (Wildman–Crippen MR) is 205 cm³/mol. The molecule has 0 aliphatic heterocycles. The number of benzene rings is 2. The molecule has 8 nitrogen and oxygen atoms in total. The van der Waals surface area contributed by atoms with Gasteiger partial charge in [-0.05, 0) is 58.1 Å². The SMILES string of the molecule is CC(C)(C)[Si](C)(C)O[C@@H]1[C@H](O[Si](C)(C)C(C)(C)C)[C@@H](NO[Si](c2ccccc2)(c2ccccc2)C(C)(C)C)C[C@H]1n1ccc(=O)[nH]c1=O. The van der Waals surface area contributed by atoms with E-state index >= 15 is 0 Å². The van der Waals surface area contributed by atoms with Crippen molar-refractivity contribution >= 4 is 35.3 Å². The number of nitrogens with zero attached hydrogens (tertiary/aromatic N) is 1. The van der Waals surface area contributed by atoms with E-state index in [1.54, 1.807) is 10.8 Å². The molecule has 264 valence electrons. The summed E-state index contributed by atoms with van der Waals surface area (Å²) < 4.78 is 23.6. The van der Waals surface area contributed by atoms with Crippen molar-refractivity contribution in [2.75, 3.05) is 0 Å². The lowest BCUT2D eigenvalue weighted by atomic mass is 10.2. The lowest BCUT2D eigenvalue weighted by Gasteiger charge is -2.46. The Hall–Kier alpha value is -2.39. The number of hydrogen-bond acceptors (Lipinski definition) is 6. The van der Waals surface area contributed by atoms with Gasteiger partial charge in [-0.15, -0.1) is 0 Å². The molecule has 2 N–H and O–H groups in total. The first-order chi connectivity index (χ1) is 22.0. The third kappa shape index (κ3) is 7.67. The zero-order valence-electron chi connectivity index (χ0n) is 31.4. The number of aromatic amines is 1. The van der Waals surface area contributed by atoms with E-state index in [1.165, 1.54) is 16.4 Å². The van der Waals surface area contributed by atoms with E-state index in [4.69, 9.17) is 13.4 Å². The van der Waals surface area contributed by atoms with Crippen LogP contribution in [-0.4, -0.2) is 52.8 Å². The largest absolute Gasteiger partial charge is 0.410 e. The smallest absolute Gasteiger partial charge is 0.328 e. The maximum atomic E-state index is 13.4. The third-order valence-electron chi connectivity index (χ3n) is 11.1. The number of rotatable bonds is 10. The van der Waals surface area contributed by atoms with Gasteiger partial charge in [-0.25, -0.2) is 10.3 Å². The first-order valence-corrected chi connectivity index (χ1v) is 25.0. The maximum Gasteiger partial charge on any atom is 0.328 e. The molecule has 48 heavy (non-hydrogen) atoms. The van der Waals surface area contributed by atoms with Crippen LogP contribution in [-0.2, 0) is 13.4 Å². The predicted octanol–water partition coefficient (Wildman–Crippen LogP) is 6.71. The van der Waals surface area contributed by atoms with Gasteiger partial charge in [-0.3, -0.25) is 14.3 Å². The van der Waals surface area contributed by atoms with Crippen LogP contribution in [0.1, 0.15) is 74.8 Å². The number of nitrogens with one attached hydrogen (secondary N) is 2. The van der Waals surface area contributed by atoms with Crippen molar-refractivity contribution < 1.29 is 13.4 Å². The van der Waals surface area contributed by atoms with E-state index in [-0.39, 0.29) is 21.2 Å². The summed E-state index contributed by atoms with van der Waals surface area (Å²) in [6.45, 7) is 29.1. The zero-order chi connectivity index (χ0) is 35.9. The molecule has 1 aliphatic rings. The molecule has 0 bridgehead atoms. The molecular formula is C37H59N3O5Si3. The van der Waals surface area contributed by atoms with E-state index < -0.39 is 54.5 Å². The van der Waals surface area contributed by atoms with Crippen molar-refractivity contribution in [3.63, 3.8) is 0 Å². The van der Waals surface area contributed by atoms with E-state index in [0.717, 1.165) is 0 Å². The van der Waals surface area contributed by atoms with Crippen LogP contribution in [0, 0.1) is 0 Å². The average Bonchev–Trinajstić information content (AvgIpc) is 3.27. The summed E-state index contributed by atoms with van der Waals surface area (Å²) in [6, 6.07) is 21.8. The fourth-order valence-corrected chi connectivity index (χ4v) is 13.1. The van der Waals surface area contributed by atoms with Gasteiger partial charge in [0, 0.05) is 12.3 Å². The summed E-state index contributed by atoms with van der Waals surface area (Å²) in [7, 11) is -7.70. The van der Waals surface area contributed by atoms with E-state index in [2.05, 4.69) is 147 Å². The highest BCUT2D eigenvalue weighted by molar-refractivity contribution is 6.99. The molecule has 0 unspecified atom stereocenters. The first-order valence-electron chi connectivity index (χ1n) is 17.2. The van der Waals surface area contributed by atoms with Crippen LogP contribution in [0.4, 0.5) is 0 Å². The molecule has 1 saturated carbocycles. The number of H-pyrrole nitrogens is 1. The molecule has 0 radical (unpaired) electrons. The quantitative estimate of drug-likeness (QED) is 0.180. The molecule has 1 aromatic heterocycles. The summed E-state index contributed by atoms with van der Waals surface area (Å²) in [5.74, 6) is 0. The molecule has 3 aromatic rings. The van der Waals surface area contributed by atoms with Crippen LogP contribution in [0.2, 0.25) is 41.3 Å². The lowest BCUT2D eigenvalue weighted by molar-refractivity contribution is 0.00714. The minimum Gasteiger partial charge on any atom is -0.410 e. The van der Waals surface area contributed by atoms with Gasteiger partial charge in [0.05, 0.1) is 24.3 Å². The highest BCUT2D eigenvalue weighted by Gasteiger charge is 2.56. The van der Waals surface area contributed by atoms with Crippen molar-refractivity contribution in [1.82, 2.24) is 15.0 Å². The average molecular weight is 710 g/mol. The van der Waals surface area contributed by atoms with Crippen molar-refractivity contribution in [2.24, 2.45) is 0 Å². The third-order valence-corrected chi connectivity index (χ3v) is 24.8. The lowest BCUT2D eigenvalue weighted by Crippen LogP contribution is -2.69. The van der Waals surface area contributed by atoms with Gasteiger partial charge < -0.3 is 13.4 Å². The summed E-state index contributed by atoms with van der Waals surface area (Å²) >= 11 is 0. The summed E-state index contributed by atoms with van der Waals surface area (Å²) in [4.78, 5) is 28.0. The first kappa shape index (κ1) is 38.4. The van der Waals surface area contributed by atoms with Crippen molar-refractivity contribution in [3.8, 4) is 0 Å². The normalized spacial score (nSPS) is 21.4. The molecule has 11 heteroatoms. The fraction of sp³-hybridized carbons (Fsp3) is 0.568. The van der Waals surface area contributed by atoms with Crippen LogP contribution in [0.25, 0.3) is 0 Å². The minimum absolute atomic E-state index is 0.0646. The maximum absolute atomic E-state index is 13.4. The highest BCUT2D eigenvalue weighted by atomic mass is 28.4. The Kier molecular flexibility index (Phi) is 11.0. The Morgan fingerprint density at radius 2 is 1.15 bits per heavy atom. The van der Waals surface area contributed by atoms with Gasteiger partial charge >= 0.3 is 5.69 Å². The van der Waals surface area contributed by atoms with E-state index in [0.29, 0.717) is 6.42 Å². The summed E-state index contributed by atoms with van der Waals surface area (Å²) in [5.41, 5.74) is 2.77. The van der Waals surface area contributed by atoms with Crippen LogP contribution in [0.15, 0.2) is 82.5 Å². The molecular weight excluding hydrogens is 651 g/mol. The second kappa shape index (κ2) is 13.7. The minimum atomic E-state index is -2.96. The Balaban J connectivity index is 1.90. The standard InChI is InChI=1S/C37H59N3O5Si3/c1-35(2,3)46(10,11)43-32-29(26-30(40-25-24-31(41)38-34(40)42)33(32)44-47(12,13)36(4,5)6)39-45-48(37(7,8)9,27-20-16-14-17-21-27)28-22-18-15-19-23-28/h14-25,29-30,32-33,39H,26H2,1-13H3,(H,38,41,42)/t29-,30+,32+,33-/m0/s1. The summed E-state index contributed by atoms with van der Waals surface area (Å²) in [6.07, 6.45) is 1.25. The molecule has 4 atom stereocenters. The van der Waals surface area contributed by atoms with Crippen molar-refractivity contribution in [2.45, 2.75) is 134 Å². The van der Waals surface area contributed by atoms with Gasteiger partial charge in [-0.1, -0.05) is 123 Å². The van der Waals surface area contributed by atoms with E-state index in [1.807, 2.05) is 12.1 Å². The highest BCUT2D eigenvalue weighted by Crippen LogP contribution is 2.46. The molecule has 0 saturated heterocycles. The zero-order valence-corrected chi connectivity index (χ0v) is 34.4. The molecule has 1 aliphatic carbocycles. The summed E-state index contributed by atoms with van der Waals surface area (Å²) in [5, 5.41) is 1.94. The number of hydroxylamine groups is 1. The number of aromatic nitrogens is 2. The molecule has 4 rings (SSSR count). The molecule has 0 amide bonds.